The summed E-state index contributed by atoms with van der Waals surface area (Å²) in [5, 5.41) is 18.0. The number of aliphatic hydroxyl groups is 2. The highest BCUT2D eigenvalue weighted by molar-refractivity contribution is 6.05. The van der Waals surface area contributed by atoms with Crippen molar-refractivity contribution in [1.82, 2.24) is 0 Å². The molecule has 0 rings (SSSR count). The Hall–Kier alpha value is -1.26. The molecular weight excluding hydrogens is 172 g/mol. The van der Waals surface area contributed by atoms with Gasteiger partial charge < -0.3 is 10.2 Å². The van der Waals surface area contributed by atoms with Crippen LogP contribution in [0.25, 0.3) is 0 Å². The number of carbonyl (C=O) groups is 2. The minimum absolute atomic E-state index is 0.449. The predicted octanol–water partition coefficient (Wildman–Crippen LogP) is -0.392. The van der Waals surface area contributed by atoms with Crippen LogP contribution >= 0.6 is 0 Å². The fraction of sp³-hybridized carbons (Fsp3) is 0.333. The molecule has 2 unspecified atom stereocenters. The zero-order chi connectivity index (χ0) is 10.4. The van der Waals surface area contributed by atoms with Crippen molar-refractivity contribution in [3.63, 3.8) is 0 Å². The van der Waals surface area contributed by atoms with Gasteiger partial charge in [0.15, 0.2) is 11.6 Å². The Morgan fingerprint density at radius 2 is 1.85 bits per heavy atom. The van der Waals surface area contributed by atoms with Gasteiger partial charge in [-0.15, -0.1) is 6.58 Å². The Labute approximate surface area is 76.2 Å². The first-order valence-corrected chi connectivity index (χ1v) is 3.69. The molecule has 0 aliphatic rings. The van der Waals surface area contributed by atoms with Crippen molar-refractivity contribution in [2.45, 2.75) is 18.6 Å². The van der Waals surface area contributed by atoms with E-state index in [4.69, 9.17) is 10.2 Å². The molecule has 0 aromatic rings. The summed E-state index contributed by atoms with van der Waals surface area (Å²) in [6.07, 6.45) is -1.34. The van der Waals surface area contributed by atoms with Crippen LogP contribution in [0.1, 0.15) is 6.42 Å². The standard InChI is InChI=1S/C9H12O4/c1-3-6(10)5-8(12)9(13)7(11)4-2/h3-4,7,9,11,13H,1-2,5H2. The Kier molecular flexibility index (Phi) is 4.87. The average molecular weight is 184 g/mol. The van der Waals surface area contributed by atoms with E-state index in [2.05, 4.69) is 13.2 Å². The lowest BCUT2D eigenvalue weighted by molar-refractivity contribution is -0.134. The van der Waals surface area contributed by atoms with Gasteiger partial charge in [0.1, 0.15) is 12.2 Å². The lowest BCUT2D eigenvalue weighted by Gasteiger charge is -2.11. The van der Waals surface area contributed by atoms with Crippen molar-refractivity contribution < 1.29 is 19.8 Å². The first kappa shape index (κ1) is 11.7. The van der Waals surface area contributed by atoms with Gasteiger partial charge in [0.25, 0.3) is 0 Å². The lowest BCUT2D eigenvalue weighted by Crippen LogP contribution is -2.33. The van der Waals surface area contributed by atoms with Gasteiger partial charge in [0, 0.05) is 0 Å². The minimum Gasteiger partial charge on any atom is -0.386 e. The van der Waals surface area contributed by atoms with E-state index in [-0.39, 0.29) is 0 Å². The molecular formula is C9H12O4. The van der Waals surface area contributed by atoms with E-state index in [1.165, 1.54) is 0 Å². The molecule has 4 nitrogen and oxygen atoms in total. The highest BCUT2D eigenvalue weighted by atomic mass is 16.3. The predicted molar refractivity (Wildman–Crippen MR) is 47.0 cm³/mol. The van der Waals surface area contributed by atoms with Crippen LogP contribution in [0, 0.1) is 0 Å². The Morgan fingerprint density at radius 1 is 1.31 bits per heavy atom. The third-order valence-electron chi connectivity index (χ3n) is 1.47. The van der Waals surface area contributed by atoms with E-state index in [1.54, 1.807) is 0 Å². The number of allylic oxidation sites excluding steroid dienone is 1. The molecule has 0 fully saturated rings. The summed E-state index contributed by atoms with van der Waals surface area (Å²) in [5.74, 6) is -1.22. The largest absolute Gasteiger partial charge is 0.386 e. The number of ketones is 2. The van der Waals surface area contributed by atoms with E-state index >= 15 is 0 Å². The summed E-state index contributed by atoms with van der Waals surface area (Å²) in [4.78, 5) is 21.7. The average Bonchev–Trinajstić information content (AvgIpc) is 2.14. The van der Waals surface area contributed by atoms with Crippen molar-refractivity contribution in [3.05, 3.63) is 25.3 Å². The van der Waals surface area contributed by atoms with Crippen molar-refractivity contribution in [3.8, 4) is 0 Å². The van der Waals surface area contributed by atoms with Gasteiger partial charge in [-0.1, -0.05) is 12.7 Å². The molecule has 0 amide bonds. The maximum absolute atomic E-state index is 11.0. The van der Waals surface area contributed by atoms with Gasteiger partial charge in [-0.05, 0) is 6.08 Å². The molecule has 0 aliphatic heterocycles. The van der Waals surface area contributed by atoms with Crippen molar-refractivity contribution in [2.75, 3.05) is 0 Å². The molecule has 2 N–H and O–H groups in total. The van der Waals surface area contributed by atoms with Crippen LogP contribution in [0.2, 0.25) is 0 Å². The Morgan fingerprint density at radius 3 is 2.23 bits per heavy atom. The molecule has 0 aliphatic carbocycles. The minimum atomic E-state index is -1.58. The van der Waals surface area contributed by atoms with Crippen molar-refractivity contribution in [1.29, 1.82) is 0 Å². The van der Waals surface area contributed by atoms with Gasteiger partial charge in [0.2, 0.25) is 0 Å². The molecule has 0 radical (unpaired) electrons. The number of rotatable bonds is 6. The quantitative estimate of drug-likeness (QED) is 0.335. The number of carbonyl (C=O) groups excluding carboxylic acids is 2. The molecule has 0 spiro atoms. The fourth-order valence-corrected chi connectivity index (χ4v) is 0.668. The molecule has 0 bridgehead atoms. The normalized spacial score (nSPS) is 14.3. The number of Topliss-reactive ketones (excluding diaryl/α,β-unsaturated/α-hetero) is 1. The number of hydrogen-bond acceptors (Lipinski definition) is 4. The summed E-state index contributed by atoms with van der Waals surface area (Å²) in [5.41, 5.74) is 0. The van der Waals surface area contributed by atoms with E-state index in [0.29, 0.717) is 0 Å². The smallest absolute Gasteiger partial charge is 0.171 e. The van der Waals surface area contributed by atoms with E-state index in [9.17, 15) is 9.59 Å². The number of hydrogen-bond donors (Lipinski definition) is 2. The van der Waals surface area contributed by atoms with Gasteiger partial charge in [-0.2, -0.15) is 0 Å². The molecule has 72 valence electrons. The summed E-state index contributed by atoms with van der Waals surface area (Å²) in [6, 6.07) is 0. The summed E-state index contributed by atoms with van der Waals surface area (Å²) in [7, 11) is 0. The maximum Gasteiger partial charge on any atom is 0.171 e. The second-order valence-corrected chi connectivity index (χ2v) is 2.48. The first-order chi connectivity index (χ1) is 6.02. The summed E-state index contributed by atoms with van der Waals surface area (Å²) < 4.78 is 0. The van der Waals surface area contributed by atoms with Gasteiger partial charge in [-0.25, -0.2) is 0 Å². The second-order valence-electron chi connectivity index (χ2n) is 2.48. The van der Waals surface area contributed by atoms with E-state index < -0.39 is 30.2 Å². The maximum atomic E-state index is 11.0. The zero-order valence-corrected chi connectivity index (χ0v) is 7.14. The highest BCUT2D eigenvalue weighted by Gasteiger charge is 2.22. The van der Waals surface area contributed by atoms with Crippen LogP contribution < -0.4 is 0 Å². The molecule has 4 heteroatoms. The van der Waals surface area contributed by atoms with Crippen molar-refractivity contribution in [2.24, 2.45) is 0 Å². The molecule has 0 aromatic heterocycles. The third kappa shape index (κ3) is 3.78. The lowest BCUT2D eigenvalue weighted by atomic mass is 10.1. The van der Waals surface area contributed by atoms with Gasteiger partial charge >= 0.3 is 0 Å². The van der Waals surface area contributed by atoms with Crippen LogP contribution in [-0.4, -0.2) is 34.0 Å². The van der Waals surface area contributed by atoms with Crippen LogP contribution in [0.15, 0.2) is 25.3 Å². The Bertz CT molecular complexity index is 232. The monoisotopic (exact) mass is 184 g/mol. The van der Waals surface area contributed by atoms with Crippen LogP contribution in [0.4, 0.5) is 0 Å². The molecule has 2 atom stereocenters. The summed E-state index contributed by atoms with van der Waals surface area (Å²) >= 11 is 0. The second kappa shape index (κ2) is 5.40. The fourth-order valence-electron chi connectivity index (χ4n) is 0.668. The van der Waals surface area contributed by atoms with E-state index in [1.807, 2.05) is 0 Å². The zero-order valence-electron chi connectivity index (χ0n) is 7.14. The Balaban J connectivity index is 4.18. The molecule has 0 aromatic carbocycles. The topological polar surface area (TPSA) is 74.6 Å². The molecule has 0 saturated heterocycles. The number of aliphatic hydroxyl groups excluding tert-OH is 2. The molecule has 0 heterocycles. The van der Waals surface area contributed by atoms with Crippen LogP contribution in [-0.2, 0) is 9.59 Å². The molecule has 13 heavy (non-hydrogen) atoms. The van der Waals surface area contributed by atoms with Crippen LogP contribution in [0.3, 0.4) is 0 Å². The highest BCUT2D eigenvalue weighted by Crippen LogP contribution is 2.00. The van der Waals surface area contributed by atoms with E-state index in [0.717, 1.165) is 12.2 Å². The molecule has 0 saturated carbocycles. The first-order valence-electron chi connectivity index (χ1n) is 3.69. The summed E-state index contributed by atoms with van der Waals surface area (Å²) in [6.45, 7) is 6.37. The van der Waals surface area contributed by atoms with Crippen LogP contribution in [0.5, 0.6) is 0 Å². The van der Waals surface area contributed by atoms with Gasteiger partial charge in [-0.3, -0.25) is 9.59 Å². The van der Waals surface area contributed by atoms with Crippen molar-refractivity contribution >= 4 is 11.6 Å². The third-order valence-corrected chi connectivity index (χ3v) is 1.47. The SMILES string of the molecule is C=CC(=O)CC(=O)C(O)C(O)C=C. The van der Waals surface area contributed by atoms with Gasteiger partial charge in [0.05, 0.1) is 6.42 Å².